The van der Waals surface area contributed by atoms with Crippen LogP contribution in [-0.2, 0) is 11.4 Å². The monoisotopic (exact) mass is 378 g/mol. The molecule has 1 aliphatic heterocycles. The Morgan fingerprint density at radius 1 is 1.07 bits per heavy atom. The van der Waals surface area contributed by atoms with Gasteiger partial charge in [-0.15, -0.1) is 0 Å². The van der Waals surface area contributed by atoms with E-state index in [1.54, 1.807) is 24.3 Å². The molecular weight excluding hydrogens is 363 g/mol. The Kier molecular flexibility index (Phi) is 4.64. The number of hydrogen-bond donors (Lipinski definition) is 2. The summed E-state index contributed by atoms with van der Waals surface area (Å²) in [6, 6.07) is 18.0. The molecule has 3 aromatic rings. The van der Waals surface area contributed by atoms with Gasteiger partial charge in [0.15, 0.2) is 5.17 Å². The van der Waals surface area contributed by atoms with Crippen molar-refractivity contribution in [1.82, 2.24) is 5.32 Å². The van der Waals surface area contributed by atoms with E-state index in [-0.39, 0.29) is 23.5 Å². The number of halogens is 1. The SMILES string of the molecule is N=C1NC(=O)C(=Cc2ccc3cc(OCc4ccccc4F)ccc3c2)S1. The zero-order valence-electron chi connectivity index (χ0n) is 14.2. The highest BCUT2D eigenvalue weighted by Crippen LogP contribution is 2.27. The molecule has 1 saturated heterocycles. The van der Waals surface area contributed by atoms with E-state index < -0.39 is 0 Å². The van der Waals surface area contributed by atoms with E-state index in [2.05, 4.69) is 5.32 Å². The topological polar surface area (TPSA) is 62.2 Å². The fraction of sp³-hybridized carbons (Fsp3) is 0.0476. The molecule has 0 atom stereocenters. The maximum atomic E-state index is 13.7. The Morgan fingerprint density at radius 2 is 1.85 bits per heavy atom. The molecule has 4 rings (SSSR count). The summed E-state index contributed by atoms with van der Waals surface area (Å²) in [7, 11) is 0. The Hall–Kier alpha value is -3.12. The second-order valence-corrected chi connectivity index (χ2v) is 7.09. The van der Waals surface area contributed by atoms with Crippen LogP contribution in [0.2, 0.25) is 0 Å². The minimum absolute atomic E-state index is 0.142. The summed E-state index contributed by atoms with van der Waals surface area (Å²) in [5, 5.41) is 12.1. The first kappa shape index (κ1) is 17.3. The van der Waals surface area contributed by atoms with Gasteiger partial charge in [0, 0.05) is 5.56 Å². The summed E-state index contributed by atoms with van der Waals surface area (Å²) in [4.78, 5) is 12.2. The molecule has 0 bridgehead atoms. The minimum Gasteiger partial charge on any atom is -0.489 e. The number of thioether (sulfide) groups is 1. The van der Waals surface area contributed by atoms with Crippen molar-refractivity contribution in [3.05, 3.63) is 82.5 Å². The first-order valence-electron chi connectivity index (χ1n) is 8.28. The first-order valence-corrected chi connectivity index (χ1v) is 9.09. The predicted octanol–water partition coefficient (Wildman–Crippen LogP) is 4.70. The summed E-state index contributed by atoms with van der Waals surface area (Å²) in [5.41, 5.74) is 1.40. The molecule has 2 N–H and O–H groups in total. The van der Waals surface area contributed by atoms with Crippen LogP contribution < -0.4 is 10.1 Å². The first-order chi connectivity index (χ1) is 13.1. The van der Waals surface area contributed by atoms with Crippen LogP contribution in [0.5, 0.6) is 5.75 Å². The molecule has 6 heteroatoms. The Labute approximate surface area is 159 Å². The van der Waals surface area contributed by atoms with Crippen molar-refractivity contribution in [3.8, 4) is 5.75 Å². The molecular formula is C21H15FN2O2S. The molecule has 1 heterocycles. The van der Waals surface area contributed by atoms with Gasteiger partial charge >= 0.3 is 0 Å². The van der Waals surface area contributed by atoms with Crippen molar-refractivity contribution in [1.29, 1.82) is 5.41 Å². The molecule has 27 heavy (non-hydrogen) atoms. The minimum atomic E-state index is -0.280. The maximum Gasteiger partial charge on any atom is 0.264 e. The van der Waals surface area contributed by atoms with Crippen molar-refractivity contribution in [2.24, 2.45) is 0 Å². The lowest BCUT2D eigenvalue weighted by atomic mass is 10.1. The fourth-order valence-corrected chi connectivity index (χ4v) is 3.49. The molecule has 0 saturated carbocycles. The van der Waals surface area contributed by atoms with Gasteiger partial charge in [0.1, 0.15) is 18.2 Å². The average Bonchev–Trinajstić information content (AvgIpc) is 2.98. The summed E-state index contributed by atoms with van der Waals surface area (Å²) in [6.07, 6.45) is 1.77. The van der Waals surface area contributed by atoms with Crippen LogP contribution in [-0.4, -0.2) is 11.1 Å². The quantitative estimate of drug-likeness (QED) is 0.647. The van der Waals surface area contributed by atoms with Crippen LogP contribution in [0.1, 0.15) is 11.1 Å². The third-order valence-corrected chi connectivity index (χ3v) is 4.98. The van der Waals surface area contributed by atoms with Crippen molar-refractivity contribution in [2.45, 2.75) is 6.61 Å². The van der Waals surface area contributed by atoms with E-state index in [4.69, 9.17) is 10.1 Å². The molecule has 0 spiro atoms. The van der Waals surface area contributed by atoms with Crippen LogP contribution in [0, 0.1) is 11.2 Å². The number of amidine groups is 1. The van der Waals surface area contributed by atoms with Crippen LogP contribution in [0.15, 0.2) is 65.6 Å². The van der Waals surface area contributed by atoms with Gasteiger partial charge in [0.2, 0.25) is 0 Å². The number of nitrogens with one attached hydrogen (secondary N) is 2. The van der Waals surface area contributed by atoms with E-state index in [0.29, 0.717) is 16.2 Å². The number of hydrogen-bond acceptors (Lipinski definition) is 4. The zero-order chi connectivity index (χ0) is 18.8. The molecule has 0 unspecified atom stereocenters. The van der Waals surface area contributed by atoms with E-state index in [1.165, 1.54) is 6.07 Å². The normalized spacial score (nSPS) is 15.4. The predicted molar refractivity (Wildman–Crippen MR) is 106 cm³/mol. The largest absolute Gasteiger partial charge is 0.489 e. The van der Waals surface area contributed by atoms with Gasteiger partial charge in [-0.25, -0.2) is 4.39 Å². The number of amides is 1. The highest BCUT2D eigenvalue weighted by atomic mass is 32.2. The third kappa shape index (κ3) is 3.85. The van der Waals surface area contributed by atoms with E-state index >= 15 is 0 Å². The summed E-state index contributed by atoms with van der Waals surface area (Å²) in [5.74, 6) is 0.135. The van der Waals surface area contributed by atoms with Gasteiger partial charge in [-0.3, -0.25) is 10.2 Å². The lowest BCUT2D eigenvalue weighted by Crippen LogP contribution is -2.18. The van der Waals surface area contributed by atoms with Crippen molar-refractivity contribution in [2.75, 3.05) is 0 Å². The fourth-order valence-electron chi connectivity index (χ4n) is 2.79. The Balaban J connectivity index is 1.54. The number of benzene rings is 3. The molecule has 0 radical (unpaired) electrons. The van der Waals surface area contributed by atoms with E-state index in [1.807, 2.05) is 36.4 Å². The average molecular weight is 378 g/mol. The molecule has 0 aromatic heterocycles. The van der Waals surface area contributed by atoms with Crippen molar-refractivity contribution >= 4 is 39.7 Å². The highest BCUT2D eigenvalue weighted by Gasteiger charge is 2.22. The number of fused-ring (bicyclic) bond motifs is 1. The number of carbonyl (C=O) groups is 1. The van der Waals surface area contributed by atoms with Crippen molar-refractivity contribution < 1.29 is 13.9 Å². The molecule has 1 amide bonds. The number of carbonyl (C=O) groups excluding carboxylic acids is 1. The highest BCUT2D eigenvalue weighted by molar-refractivity contribution is 8.18. The van der Waals surface area contributed by atoms with Gasteiger partial charge < -0.3 is 10.1 Å². The smallest absolute Gasteiger partial charge is 0.264 e. The number of rotatable bonds is 4. The van der Waals surface area contributed by atoms with Gasteiger partial charge in [0.05, 0.1) is 4.91 Å². The van der Waals surface area contributed by atoms with Gasteiger partial charge in [-0.2, -0.15) is 0 Å². The maximum absolute atomic E-state index is 13.7. The van der Waals surface area contributed by atoms with Crippen LogP contribution >= 0.6 is 11.8 Å². The standard InChI is InChI=1S/C21H15FN2O2S/c22-18-4-2-1-3-16(18)12-26-17-8-7-14-9-13(5-6-15(14)11-17)10-19-20(25)24-21(23)27-19/h1-11H,12H2,(H2,23,24,25). The molecule has 0 aliphatic carbocycles. The van der Waals surface area contributed by atoms with Gasteiger partial charge in [-0.1, -0.05) is 36.4 Å². The van der Waals surface area contributed by atoms with Crippen LogP contribution in [0.3, 0.4) is 0 Å². The molecule has 3 aromatic carbocycles. The second kappa shape index (κ2) is 7.25. The molecule has 1 aliphatic rings. The lowest BCUT2D eigenvalue weighted by Gasteiger charge is -2.08. The number of ether oxygens (including phenoxy) is 1. The summed E-state index contributed by atoms with van der Waals surface area (Å²) >= 11 is 1.12. The van der Waals surface area contributed by atoms with Crippen LogP contribution in [0.25, 0.3) is 16.8 Å². The summed E-state index contributed by atoms with van der Waals surface area (Å²) < 4.78 is 19.4. The molecule has 1 fully saturated rings. The zero-order valence-corrected chi connectivity index (χ0v) is 15.0. The molecule has 134 valence electrons. The van der Waals surface area contributed by atoms with Crippen molar-refractivity contribution in [3.63, 3.8) is 0 Å². The van der Waals surface area contributed by atoms with Crippen LogP contribution in [0.4, 0.5) is 4.39 Å². The summed E-state index contributed by atoms with van der Waals surface area (Å²) in [6.45, 7) is 0.167. The second-order valence-electron chi connectivity index (χ2n) is 6.04. The van der Waals surface area contributed by atoms with E-state index in [0.717, 1.165) is 28.1 Å². The van der Waals surface area contributed by atoms with Gasteiger partial charge in [-0.05, 0) is 58.4 Å². The lowest BCUT2D eigenvalue weighted by molar-refractivity contribution is -0.115. The van der Waals surface area contributed by atoms with E-state index in [9.17, 15) is 9.18 Å². The molecule has 4 nitrogen and oxygen atoms in total. The van der Waals surface area contributed by atoms with Gasteiger partial charge in [0.25, 0.3) is 5.91 Å². The Bertz CT molecular complexity index is 1090. The third-order valence-electron chi connectivity index (χ3n) is 4.15. The Morgan fingerprint density at radius 3 is 2.63 bits per heavy atom.